The van der Waals surface area contributed by atoms with E-state index in [0.29, 0.717) is 0 Å². The van der Waals surface area contributed by atoms with Crippen molar-refractivity contribution in [3.8, 4) is 0 Å². The second-order valence-electron chi connectivity index (χ2n) is 7.61. The Kier molecular flexibility index (Phi) is 7.11. The van der Waals surface area contributed by atoms with Crippen LogP contribution in [0.2, 0.25) is 52.4 Å². The third-order valence-electron chi connectivity index (χ3n) is 5.65. The van der Waals surface area contributed by atoms with Gasteiger partial charge < -0.3 is 17.7 Å². The van der Waals surface area contributed by atoms with Gasteiger partial charge in [0.25, 0.3) is 0 Å². The van der Waals surface area contributed by atoms with Crippen molar-refractivity contribution < 1.29 is 17.7 Å². The van der Waals surface area contributed by atoms with E-state index in [1.165, 1.54) is 0 Å². The molecule has 0 radical (unpaired) electrons. The molecule has 0 aromatic heterocycles. The van der Waals surface area contributed by atoms with Crippen LogP contribution in [-0.4, -0.2) is 65.9 Å². The van der Waals surface area contributed by atoms with E-state index in [0.717, 1.165) is 0 Å². The maximum Gasteiger partial charge on any atom is 0.174 e. The molecule has 0 spiro atoms. The SMILES string of the molecule is CO[Si](C)(C)[Si]([Si](C)(C)OC)([Si](C)(C)OC)[Si](C)(C)OC. The van der Waals surface area contributed by atoms with Crippen LogP contribution in [0, 0.1) is 0 Å². The fourth-order valence-corrected chi connectivity index (χ4v) is 134. The van der Waals surface area contributed by atoms with E-state index < -0.39 is 37.5 Å². The van der Waals surface area contributed by atoms with E-state index in [-0.39, 0.29) is 0 Å². The zero-order valence-corrected chi connectivity index (χ0v) is 21.1. The fourth-order valence-electron chi connectivity index (χ4n) is 4.96. The summed E-state index contributed by atoms with van der Waals surface area (Å²) in [7, 11) is -0.375. The van der Waals surface area contributed by atoms with Crippen molar-refractivity contribution in [3.05, 3.63) is 0 Å². The maximum atomic E-state index is 6.23. The highest BCUT2D eigenvalue weighted by atomic mass is 30.2. The van der Waals surface area contributed by atoms with Crippen molar-refractivity contribution in [2.45, 2.75) is 52.4 Å². The first-order valence-electron chi connectivity index (χ1n) is 7.45. The van der Waals surface area contributed by atoms with Crippen molar-refractivity contribution in [1.82, 2.24) is 0 Å². The minimum Gasteiger partial charge on any atom is -0.424 e. The van der Waals surface area contributed by atoms with E-state index in [1.54, 1.807) is 0 Å². The minimum atomic E-state index is -2.04. The predicted molar refractivity (Wildman–Crippen MR) is 104 cm³/mol. The van der Waals surface area contributed by atoms with Crippen molar-refractivity contribution in [2.75, 3.05) is 28.4 Å². The van der Waals surface area contributed by atoms with Crippen molar-refractivity contribution in [1.29, 1.82) is 0 Å². The Hall–Kier alpha value is 0.924. The summed E-state index contributed by atoms with van der Waals surface area (Å²) in [5.41, 5.74) is 0. The third-order valence-corrected chi connectivity index (χ3v) is 106. The lowest BCUT2D eigenvalue weighted by atomic mass is 11.8. The van der Waals surface area contributed by atoms with Gasteiger partial charge >= 0.3 is 0 Å². The van der Waals surface area contributed by atoms with Gasteiger partial charge in [-0.05, 0) is 52.4 Å². The number of hydrogen-bond acceptors (Lipinski definition) is 4. The van der Waals surface area contributed by atoms with E-state index in [1.807, 2.05) is 28.4 Å². The highest BCUT2D eigenvalue weighted by Gasteiger charge is 2.78. The standard InChI is InChI=1S/C12H36O4Si5/c1-13-17(5,6)21(18(7,8)14-2,19(9,10)15-3)20(11,12)16-4/h1-12H3. The van der Waals surface area contributed by atoms with Crippen LogP contribution in [0.5, 0.6) is 0 Å². The molecule has 0 saturated carbocycles. The Morgan fingerprint density at radius 3 is 0.619 bits per heavy atom. The molecule has 0 N–H and O–H groups in total. The van der Waals surface area contributed by atoms with E-state index in [2.05, 4.69) is 52.4 Å². The third kappa shape index (κ3) is 3.13. The van der Waals surface area contributed by atoms with Crippen LogP contribution in [0.3, 0.4) is 0 Å². The quantitative estimate of drug-likeness (QED) is 0.602. The zero-order valence-electron chi connectivity index (χ0n) is 16.1. The highest BCUT2D eigenvalue weighted by Crippen LogP contribution is 2.44. The summed E-state index contributed by atoms with van der Waals surface area (Å²) in [6.45, 7) is 19.0. The molecule has 0 aromatic rings. The molecule has 0 amide bonds. The largest absolute Gasteiger partial charge is 0.424 e. The van der Waals surface area contributed by atoms with Crippen LogP contribution in [0.15, 0.2) is 0 Å². The van der Waals surface area contributed by atoms with Crippen molar-refractivity contribution in [3.63, 3.8) is 0 Å². The first-order valence-corrected chi connectivity index (χ1v) is 25.1. The van der Waals surface area contributed by atoms with E-state index in [4.69, 9.17) is 17.7 Å². The lowest BCUT2D eigenvalue weighted by molar-refractivity contribution is 0.395. The Morgan fingerprint density at radius 2 is 0.524 bits per heavy atom. The Morgan fingerprint density at radius 1 is 0.381 bits per heavy atom. The molecular weight excluding hydrogens is 349 g/mol. The van der Waals surface area contributed by atoms with E-state index >= 15 is 0 Å². The smallest absolute Gasteiger partial charge is 0.174 e. The summed E-state index contributed by atoms with van der Waals surface area (Å²) in [6, 6.07) is 0. The lowest BCUT2D eigenvalue weighted by Crippen LogP contribution is -2.96. The van der Waals surface area contributed by atoms with Crippen LogP contribution in [0.4, 0.5) is 0 Å². The number of hydrogen-bond donors (Lipinski definition) is 0. The molecule has 0 aliphatic heterocycles. The van der Waals surface area contributed by atoms with Gasteiger partial charge in [-0.1, -0.05) is 0 Å². The average Bonchev–Trinajstić information content (AvgIpc) is 2.37. The summed E-state index contributed by atoms with van der Waals surface area (Å²) < 4.78 is 24.9. The molecule has 0 heterocycles. The zero-order chi connectivity index (χ0) is 17.3. The first-order chi connectivity index (χ1) is 9.24. The van der Waals surface area contributed by atoms with Gasteiger partial charge in [0, 0.05) is 28.4 Å². The lowest BCUT2D eigenvalue weighted by Gasteiger charge is -2.61. The van der Waals surface area contributed by atoms with Crippen LogP contribution in [0.1, 0.15) is 0 Å². The Bertz CT molecular complexity index is 288. The van der Waals surface area contributed by atoms with Gasteiger partial charge in [-0.25, -0.2) is 0 Å². The molecule has 21 heavy (non-hydrogen) atoms. The minimum absolute atomic E-state index is 1.88. The maximum absolute atomic E-state index is 6.23. The number of rotatable bonds is 8. The van der Waals surface area contributed by atoms with Gasteiger partial charge in [0.15, 0.2) is 37.5 Å². The molecule has 0 unspecified atom stereocenters. The topological polar surface area (TPSA) is 36.9 Å². The molecule has 0 aromatic carbocycles. The molecule has 9 heteroatoms. The molecule has 128 valence electrons. The van der Waals surface area contributed by atoms with Gasteiger partial charge in [0.2, 0.25) is 0 Å². The highest BCUT2D eigenvalue weighted by molar-refractivity contribution is 8.04. The first kappa shape index (κ1) is 21.9. The summed E-state index contributed by atoms with van der Waals surface area (Å²) in [6.07, 6.45) is -2.04. The van der Waals surface area contributed by atoms with Gasteiger partial charge in [-0.3, -0.25) is 0 Å². The summed E-state index contributed by atoms with van der Waals surface area (Å²) >= 11 is 0. The molecular formula is C12H36O4Si5. The summed E-state index contributed by atoms with van der Waals surface area (Å²) in [5.74, 6) is 0. The Balaban J connectivity index is 6.85. The summed E-state index contributed by atoms with van der Waals surface area (Å²) in [5, 5.41) is 0. The molecule has 0 rings (SSSR count). The normalized spacial score (nSPS) is 15.4. The second-order valence-corrected chi connectivity index (χ2v) is 55.3. The van der Waals surface area contributed by atoms with Crippen molar-refractivity contribution >= 4 is 37.5 Å². The van der Waals surface area contributed by atoms with Gasteiger partial charge in [-0.15, -0.1) is 0 Å². The fraction of sp³-hybridized carbons (Fsp3) is 1.00. The molecule has 0 atom stereocenters. The van der Waals surface area contributed by atoms with Crippen LogP contribution in [0.25, 0.3) is 0 Å². The predicted octanol–water partition coefficient (Wildman–Crippen LogP) is 3.15. The average molecular weight is 385 g/mol. The van der Waals surface area contributed by atoms with Gasteiger partial charge in [0.1, 0.15) is 0 Å². The molecule has 0 saturated heterocycles. The molecule has 0 fully saturated rings. The van der Waals surface area contributed by atoms with Crippen LogP contribution >= 0.6 is 0 Å². The Labute approximate surface area is 136 Å². The molecule has 0 bridgehead atoms. The van der Waals surface area contributed by atoms with Gasteiger partial charge in [0.05, 0.1) is 0 Å². The van der Waals surface area contributed by atoms with E-state index in [9.17, 15) is 0 Å². The monoisotopic (exact) mass is 384 g/mol. The molecule has 0 aliphatic rings. The summed E-state index contributed by atoms with van der Waals surface area (Å²) in [4.78, 5) is 0. The van der Waals surface area contributed by atoms with Crippen LogP contribution in [-0.2, 0) is 17.7 Å². The van der Waals surface area contributed by atoms with Crippen LogP contribution < -0.4 is 0 Å². The molecule has 0 aliphatic carbocycles. The van der Waals surface area contributed by atoms with Gasteiger partial charge in [-0.2, -0.15) is 0 Å². The second kappa shape index (κ2) is 6.81. The molecule has 4 nitrogen and oxygen atoms in total. The van der Waals surface area contributed by atoms with Crippen molar-refractivity contribution in [2.24, 2.45) is 0 Å².